The van der Waals surface area contributed by atoms with Crippen molar-refractivity contribution in [2.45, 2.75) is 39.3 Å². The summed E-state index contributed by atoms with van der Waals surface area (Å²) in [6, 6.07) is 5.51. The Morgan fingerprint density at radius 2 is 2.15 bits per heavy atom. The first-order chi connectivity index (χ1) is 19.2. The van der Waals surface area contributed by atoms with Crippen molar-refractivity contribution in [1.82, 2.24) is 24.6 Å². The molecule has 2 aromatic heterocycles. The average Bonchev–Trinajstić information content (AvgIpc) is 3.35. The predicted octanol–water partition coefficient (Wildman–Crippen LogP) is 4.79. The van der Waals surface area contributed by atoms with E-state index in [2.05, 4.69) is 16.9 Å². The molecule has 1 fully saturated rings. The molecule has 2 N–H and O–H groups in total. The van der Waals surface area contributed by atoms with Crippen molar-refractivity contribution in [1.29, 1.82) is 5.41 Å². The number of nitrogens with zero attached hydrogens (tertiary/aromatic N) is 5. The summed E-state index contributed by atoms with van der Waals surface area (Å²) < 4.78 is 13.5. The fourth-order valence-electron chi connectivity index (χ4n) is 5.37. The molecule has 0 bridgehead atoms. The molecule has 3 aromatic rings. The van der Waals surface area contributed by atoms with Crippen LogP contribution in [0.25, 0.3) is 11.3 Å². The van der Waals surface area contributed by atoms with Gasteiger partial charge in [0, 0.05) is 43.0 Å². The van der Waals surface area contributed by atoms with Crippen LogP contribution in [0.15, 0.2) is 37.1 Å². The number of aryl methyl sites for hydroxylation is 1. The van der Waals surface area contributed by atoms with Gasteiger partial charge in [-0.25, -0.2) is 4.68 Å². The van der Waals surface area contributed by atoms with Crippen molar-refractivity contribution in [3.05, 3.63) is 64.5 Å². The fourth-order valence-corrected chi connectivity index (χ4v) is 5.60. The standard InChI is InChI=1S/C29H34ClN7O3/c1-6-24(38)36-11-7-8-20(14-36)37-29-25(28(31)35(4)16-33-29)26(34-37)19-9-10-23(21(30)12-19)40-15-22-18(3)27(39-5)17(2)13-32-22/h6,9-10,12-13,20,31,33H,1,7-8,11,14-16H2,2-5H3/t20-/m1/s1. The number of hydrogen-bond donors (Lipinski definition) is 2. The number of piperidine rings is 1. The van der Waals surface area contributed by atoms with Crippen LogP contribution in [0.4, 0.5) is 5.82 Å². The van der Waals surface area contributed by atoms with E-state index in [9.17, 15) is 4.79 Å². The number of aromatic nitrogens is 3. The summed E-state index contributed by atoms with van der Waals surface area (Å²) in [6.07, 6.45) is 4.87. The lowest BCUT2D eigenvalue weighted by molar-refractivity contribution is -0.127. The molecule has 0 unspecified atom stereocenters. The highest BCUT2D eigenvalue weighted by molar-refractivity contribution is 6.32. The molecule has 40 heavy (non-hydrogen) atoms. The van der Waals surface area contributed by atoms with Gasteiger partial charge in [-0.2, -0.15) is 5.10 Å². The third-order valence-corrected chi connectivity index (χ3v) is 7.86. The number of benzene rings is 1. The van der Waals surface area contributed by atoms with Gasteiger partial charge in [-0.15, -0.1) is 0 Å². The average molecular weight is 564 g/mol. The van der Waals surface area contributed by atoms with Crippen LogP contribution in [0, 0.1) is 19.3 Å². The van der Waals surface area contributed by atoms with Crippen LogP contribution >= 0.6 is 11.6 Å². The summed E-state index contributed by atoms with van der Waals surface area (Å²) >= 11 is 6.70. The molecule has 11 heteroatoms. The Labute approximate surface area is 239 Å². The monoisotopic (exact) mass is 563 g/mol. The second kappa shape index (κ2) is 11.2. The van der Waals surface area contributed by atoms with Crippen LogP contribution in [-0.4, -0.2) is 70.2 Å². The van der Waals surface area contributed by atoms with Crippen molar-refractivity contribution in [2.24, 2.45) is 0 Å². The minimum atomic E-state index is -0.0803. The van der Waals surface area contributed by atoms with Crippen LogP contribution in [0.2, 0.25) is 5.02 Å². The van der Waals surface area contributed by atoms with Crippen LogP contribution < -0.4 is 14.8 Å². The van der Waals surface area contributed by atoms with Gasteiger partial charge in [0.15, 0.2) is 0 Å². The minimum Gasteiger partial charge on any atom is -0.496 e. The number of carbonyl (C=O) groups is 1. The predicted molar refractivity (Wildman–Crippen MR) is 155 cm³/mol. The first-order valence-electron chi connectivity index (χ1n) is 13.2. The maximum atomic E-state index is 12.3. The zero-order valence-electron chi connectivity index (χ0n) is 23.3. The maximum absolute atomic E-state index is 12.3. The van der Waals surface area contributed by atoms with Gasteiger partial charge in [-0.05, 0) is 51.0 Å². The van der Waals surface area contributed by atoms with E-state index in [0.717, 1.165) is 46.8 Å². The van der Waals surface area contributed by atoms with E-state index in [4.69, 9.17) is 31.6 Å². The molecule has 210 valence electrons. The molecule has 0 saturated carbocycles. The number of nitrogens with one attached hydrogen (secondary N) is 2. The number of amidine groups is 1. The molecular weight excluding hydrogens is 530 g/mol. The highest BCUT2D eigenvalue weighted by atomic mass is 35.5. The number of amides is 1. The zero-order chi connectivity index (χ0) is 28.6. The van der Waals surface area contributed by atoms with Gasteiger partial charge in [0.25, 0.3) is 0 Å². The molecule has 1 amide bonds. The van der Waals surface area contributed by atoms with Crippen LogP contribution in [-0.2, 0) is 11.4 Å². The van der Waals surface area contributed by atoms with E-state index >= 15 is 0 Å². The summed E-state index contributed by atoms with van der Waals surface area (Å²) in [4.78, 5) is 20.5. The molecule has 5 rings (SSSR count). The number of rotatable bonds is 7. The number of ether oxygens (including phenoxy) is 2. The molecule has 1 atom stereocenters. The normalized spacial score (nSPS) is 16.8. The summed E-state index contributed by atoms with van der Waals surface area (Å²) in [5.74, 6) is 2.39. The van der Waals surface area contributed by atoms with Crippen molar-refractivity contribution in [2.75, 3.05) is 39.2 Å². The van der Waals surface area contributed by atoms with E-state index in [1.165, 1.54) is 6.08 Å². The molecule has 2 aliphatic heterocycles. The maximum Gasteiger partial charge on any atom is 0.246 e. The zero-order valence-corrected chi connectivity index (χ0v) is 24.0. The molecule has 10 nitrogen and oxygen atoms in total. The smallest absolute Gasteiger partial charge is 0.246 e. The number of halogens is 1. The SMILES string of the molecule is C=CC(=O)N1CCC[C@@H](n2nc(-c3ccc(OCc4ncc(C)c(OC)c4C)c(Cl)c3)c3c2NCN(C)C3=N)C1. The highest BCUT2D eigenvalue weighted by Crippen LogP contribution is 2.38. The summed E-state index contributed by atoms with van der Waals surface area (Å²) in [7, 11) is 3.51. The second-order valence-corrected chi connectivity index (χ2v) is 10.6. The number of likely N-dealkylation sites (tertiary alicyclic amines) is 1. The van der Waals surface area contributed by atoms with E-state index in [-0.39, 0.29) is 18.6 Å². The van der Waals surface area contributed by atoms with E-state index < -0.39 is 0 Å². The van der Waals surface area contributed by atoms with E-state index in [0.29, 0.717) is 47.6 Å². The summed E-state index contributed by atoms with van der Waals surface area (Å²) in [5.41, 5.74) is 4.80. The van der Waals surface area contributed by atoms with Gasteiger partial charge in [-0.3, -0.25) is 15.2 Å². The van der Waals surface area contributed by atoms with Gasteiger partial charge in [-0.1, -0.05) is 18.2 Å². The van der Waals surface area contributed by atoms with Crippen molar-refractivity contribution < 1.29 is 14.3 Å². The van der Waals surface area contributed by atoms with Gasteiger partial charge < -0.3 is 24.6 Å². The molecule has 0 spiro atoms. The lowest BCUT2D eigenvalue weighted by atomic mass is 10.0. The number of carbonyl (C=O) groups excluding carboxylic acids is 1. The first-order valence-corrected chi connectivity index (χ1v) is 13.6. The Morgan fingerprint density at radius 3 is 2.88 bits per heavy atom. The lowest BCUT2D eigenvalue weighted by Crippen LogP contribution is -2.41. The van der Waals surface area contributed by atoms with Crippen molar-refractivity contribution >= 4 is 29.2 Å². The number of pyridine rings is 1. The Bertz CT molecular complexity index is 1480. The van der Waals surface area contributed by atoms with Gasteiger partial charge in [0.1, 0.15) is 35.5 Å². The second-order valence-electron chi connectivity index (χ2n) is 10.2. The lowest BCUT2D eigenvalue weighted by Gasteiger charge is -2.34. The quantitative estimate of drug-likeness (QED) is 0.398. The summed E-state index contributed by atoms with van der Waals surface area (Å²) in [6.45, 7) is 9.52. The Balaban J connectivity index is 1.45. The third-order valence-electron chi connectivity index (χ3n) is 7.56. The van der Waals surface area contributed by atoms with Gasteiger partial charge >= 0.3 is 0 Å². The number of anilines is 1. The molecule has 4 heterocycles. The highest BCUT2D eigenvalue weighted by Gasteiger charge is 2.33. The molecule has 0 radical (unpaired) electrons. The largest absolute Gasteiger partial charge is 0.496 e. The van der Waals surface area contributed by atoms with E-state index in [1.54, 1.807) is 18.2 Å². The molecule has 0 aliphatic carbocycles. The number of methoxy groups -OCH3 is 1. The Hall–Kier alpha value is -4.05. The van der Waals surface area contributed by atoms with Gasteiger partial charge in [0.05, 0.1) is 36.1 Å². The van der Waals surface area contributed by atoms with Crippen LogP contribution in [0.3, 0.4) is 0 Å². The Morgan fingerprint density at radius 1 is 1.35 bits per heavy atom. The third kappa shape index (κ3) is 4.99. The molecular formula is C29H34ClN7O3. The number of fused-ring (bicyclic) bond motifs is 1. The van der Waals surface area contributed by atoms with Crippen molar-refractivity contribution in [3.8, 4) is 22.8 Å². The first kappa shape index (κ1) is 27.5. The molecule has 1 aromatic carbocycles. The Kier molecular flexibility index (Phi) is 7.71. The minimum absolute atomic E-state index is 0.0239. The summed E-state index contributed by atoms with van der Waals surface area (Å²) in [5, 5.41) is 17.7. The van der Waals surface area contributed by atoms with Gasteiger partial charge in [0.2, 0.25) is 5.91 Å². The van der Waals surface area contributed by atoms with Crippen LogP contribution in [0.1, 0.15) is 41.3 Å². The number of hydrogen-bond acceptors (Lipinski definition) is 7. The topological polar surface area (TPSA) is 109 Å². The van der Waals surface area contributed by atoms with Crippen LogP contribution in [0.5, 0.6) is 11.5 Å². The van der Waals surface area contributed by atoms with E-state index in [1.807, 2.05) is 48.7 Å². The fraction of sp³-hybridized carbons (Fsp3) is 0.379. The van der Waals surface area contributed by atoms with Crippen molar-refractivity contribution in [3.63, 3.8) is 0 Å². The molecule has 1 saturated heterocycles. The molecule has 2 aliphatic rings.